The number of aliphatic hydroxyl groups is 1. The van der Waals surface area contributed by atoms with Crippen LogP contribution < -0.4 is 15.4 Å². The maximum absolute atomic E-state index is 14.3. The van der Waals surface area contributed by atoms with E-state index in [4.69, 9.17) is 9.47 Å². The van der Waals surface area contributed by atoms with Crippen LogP contribution in [0.5, 0.6) is 5.75 Å². The summed E-state index contributed by atoms with van der Waals surface area (Å²) in [5.74, 6) is -0.198. The van der Waals surface area contributed by atoms with Crippen LogP contribution in [-0.4, -0.2) is 95.4 Å². The third-order valence-electron chi connectivity index (χ3n) is 8.98. The minimum absolute atomic E-state index is 0.137. The number of fused-ring (bicyclic) bond motifs is 1. The van der Waals surface area contributed by atoms with E-state index in [9.17, 15) is 19.5 Å². The number of carbonyl (C=O) groups is 3. The molecular formula is C35H51N5O6. The summed E-state index contributed by atoms with van der Waals surface area (Å²) in [6.07, 6.45) is 10.4. The molecule has 46 heavy (non-hydrogen) atoms. The summed E-state index contributed by atoms with van der Waals surface area (Å²) in [4.78, 5) is 47.6. The molecule has 1 aliphatic carbocycles. The Labute approximate surface area is 273 Å². The monoisotopic (exact) mass is 637 g/mol. The van der Waals surface area contributed by atoms with Gasteiger partial charge in [0.15, 0.2) is 0 Å². The highest BCUT2D eigenvalue weighted by molar-refractivity contribution is 5.99. The number of amides is 4. The highest BCUT2D eigenvalue weighted by Crippen LogP contribution is 2.29. The molecule has 0 unspecified atom stereocenters. The molecule has 1 aliphatic heterocycles. The van der Waals surface area contributed by atoms with Gasteiger partial charge in [0.1, 0.15) is 5.75 Å². The minimum Gasteiger partial charge on any atom is -0.490 e. The van der Waals surface area contributed by atoms with E-state index in [2.05, 4.69) is 15.6 Å². The number of aromatic nitrogens is 1. The summed E-state index contributed by atoms with van der Waals surface area (Å²) in [6, 6.07) is 7.87. The quantitative estimate of drug-likeness (QED) is 0.385. The smallest absolute Gasteiger partial charge is 0.319 e. The number of hydrogen-bond donors (Lipinski definition) is 3. The molecule has 2 heterocycles. The van der Waals surface area contributed by atoms with Crippen molar-refractivity contribution in [2.75, 3.05) is 38.7 Å². The van der Waals surface area contributed by atoms with Crippen LogP contribution in [0.2, 0.25) is 0 Å². The van der Waals surface area contributed by atoms with Gasteiger partial charge in [-0.25, -0.2) is 4.79 Å². The van der Waals surface area contributed by atoms with Gasteiger partial charge < -0.3 is 35.0 Å². The van der Waals surface area contributed by atoms with Gasteiger partial charge in [0, 0.05) is 62.3 Å². The van der Waals surface area contributed by atoms with Crippen molar-refractivity contribution in [1.82, 2.24) is 20.1 Å². The van der Waals surface area contributed by atoms with E-state index in [1.807, 2.05) is 13.8 Å². The molecule has 1 saturated carbocycles. The lowest BCUT2D eigenvalue weighted by atomic mass is 9.96. The molecule has 0 bridgehead atoms. The number of urea groups is 1. The number of carbonyl (C=O) groups excluding carboxylic acids is 3. The van der Waals surface area contributed by atoms with Gasteiger partial charge in [-0.15, -0.1) is 0 Å². The molecule has 2 aromatic rings. The number of likely N-dealkylation sites (N-methyl/N-ethyl adjacent to an activating group) is 1. The summed E-state index contributed by atoms with van der Waals surface area (Å²) in [7, 11) is 1.75. The molecule has 1 aromatic heterocycles. The molecule has 3 N–H and O–H groups in total. The van der Waals surface area contributed by atoms with Crippen molar-refractivity contribution in [3.63, 3.8) is 0 Å². The van der Waals surface area contributed by atoms with E-state index in [-0.39, 0.29) is 55.2 Å². The number of aliphatic hydroxyl groups excluding tert-OH is 1. The maximum atomic E-state index is 14.3. The van der Waals surface area contributed by atoms with Gasteiger partial charge in [-0.2, -0.15) is 0 Å². The first kappa shape index (κ1) is 35.2. The molecule has 1 fully saturated rings. The van der Waals surface area contributed by atoms with Crippen LogP contribution in [-0.2, 0) is 4.74 Å². The number of nitrogens with one attached hydrogen (secondary N) is 2. The number of benzene rings is 1. The van der Waals surface area contributed by atoms with E-state index in [0.717, 1.165) is 44.9 Å². The summed E-state index contributed by atoms with van der Waals surface area (Å²) in [6.45, 7) is 6.65. The molecule has 2 aliphatic rings. The molecule has 0 radical (unpaired) electrons. The first-order valence-electron chi connectivity index (χ1n) is 16.7. The van der Waals surface area contributed by atoms with Crippen LogP contribution in [0.3, 0.4) is 0 Å². The first-order valence-corrected chi connectivity index (χ1v) is 16.7. The van der Waals surface area contributed by atoms with Crippen LogP contribution in [0.1, 0.15) is 92.9 Å². The maximum Gasteiger partial charge on any atom is 0.319 e. The zero-order chi connectivity index (χ0) is 33.1. The zero-order valence-electron chi connectivity index (χ0n) is 27.7. The normalized spacial score (nSPS) is 22.5. The third kappa shape index (κ3) is 9.90. The van der Waals surface area contributed by atoms with E-state index in [1.54, 1.807) is 66.5 Å². The molecule has 4 rings (SSSR count). The first-order chi connectivity index (χ1) is 22.2. The summed E-state index contributed by atoms with van der Waals surface area (Å²) in [5.41, 5.74) is 1.34. The average Bonchev–Trinajstić information content (AvgIpc) is 3.06. The Morgan fingerprint density at radius 3 is 2.50 bits per heavy atom. The van der Waals surface area contributed by atoms with Gasteiger partial charge in [0.25, 0.3) is 11.8 Å². The standard InChI is InChI=1S/C35H51N5O6/c1-24-21-40(25(2)23-41)34(43)30-20-29(38-35(44)37-28-11-6-5-7-12-28)13-14-31(30)46-26(3)10-8-9-19-45-32(24)22-39(4)33(42)27-15-17-36-18-16-27/h13-18,20,24-26,28,32,41H,5-12,19,21-23H2,1-4H3,(H2,37,38,44)/t24-,25+,26-,32+/m1/s1. The van der Waals surface area contributed by atoms with Crippen molar-refractivity contribution in [3.8, 4) is 5.75 Å². The van der Waals surface area contributed by atoms with Gasteiger partial charge in [0.2, 0.25) is 0 Å². The third-order valence-corrected chi connectivity index (χ3v) is 8.98. The van der Waals surface area contributed by atoms with Crippen LogP contribution in [0, 0.1) is 5.92 Å². The Bertz CT molecular complexity index is 1290. The molecule has 4 amide bonds. The SMILES string of the molecule is C[C@@H]1CCCCO[C@@H](CN(C)C(=O)c2ccncc2)[C@H](C)CN([C@@H](C)CO)C(=O)c2cc(NC(=O)NC3CCCCC3)ccc2O1. The molecule has 1 aromatic carbocycles. The van der Waals surface area contributed by atoms with E-state index in [1.165, 1.54) is 6.42 Å². The second kappa shape index (κ2) is 17.3. The summed E-state index contributed by atoms with van der Waals surface area (Å²) < 4.78 is 12.7. The lowest BCUT2D eigenvalue weighted by molar-refractivity contribution is -0.0149. The molecule has 4 atom stereocenters. The molecule has 252 valence electrons. The van der Waals surface area contributed by atoms with Crippen molar-refractivity contribution in [2.24, 2.45) is 5.92 Å². The highest BCUT2D eigenvalue weighted by atomic mass is 16.5. The van der Waals surface area contributed by atoms with Crippen molar-refractivity contribution >= 4 is 23.5 Å². The average molecular weight is 638 g/mol. The summed E-state index contributed by atoms with van der Waals surface area (Å²) in [5, 5.41) is 16.2. The van der Waals surface area contributed by atoms with Crippen LogP contribution in [0.25, 0.3) is 0 Å². The predicted octanol–water partition coefficient (Wildman–Crippen LogP) is 5.10. The highest BCUT2D eigenvalue weighted by Gasteiger charge is 2.31. The summed E-state index contributed by atoms with van der Waals surface area (Å²) >= 11 is 0. The lowest BCUT2D eigenvalue weighted by Crippen LogP contribution is -2.48. The van der Waals surface area contributed by atoms with Gasteiger partial charge in [0.05, 0.1) is 30.4 Å². The Hall–Kier alpha value is -3.70. The van der Waals surface area contributed by atoms with Crippen molar-refractivity contribution in [1.29, 1.82) is 0 Å². The van der Waals surface area contributed by atoms with Crippen LogP contribution in [0.4, 0.5) is 10.5 Å². The molecule has 11 nitrogen and oxygen atoms in total. The zero-order valence-corrected chi connectivity index (χ0v) is 27.7. The fourth-order valence-electron chi connectivity index (χ4n) is 6.13. The van der Waals surface area contributed by atoms with E-state index in [0.29, 0.717) is 35.7 Å². The molecule has 0 spiro atoms. The Balaban J connectivity index is 1.58. The van der Waals surface area contributed by atoms with Crippen molar-refractivity contribution in [2.45, 2.75) is 96.4 Å². The van der Waals surface area contributed by atoms with Gasteiger partial charge in [-0.05, 0) is 76.3 Å². The second-order valence-corrected chi connectivity index (χ2v) is 12.9. The Morgan fingerprint density at radius 2 is 1.78 bits per heavy atom. The second-order valence-electron chi connectivity index (χ2n) is 12.9. The number of ether oxygens (including phenoxy) is 2. The van der Waals surface area contributed by atoms with Crippen LogP contribution in [0.15, 0.2) is 42.7 Å². The number of pyridine rings is 1. The van der Waals surface area contributed by atoms with Crippen LogP contribution >= 0.6 is 0 Å². The topological polar surface area (TPSA) is 133 Å². The molecular weight excluding hydrogens is 586 g/mol. The fourth-order valence-corrected chi connectivity index (χ4v) is 6.13. The number of anilines is 1. The Kier molecular flexibility index (Phi) is 13.2. The van der Waals surface area contributed by atoms with Gasteiger partial charge in [-0.1, -0.05) is 26.2 Å². The van der Waals surface area contributed by atoms with E-state index < -0.39 is 6.04 Å². The largest absolute Gasteiger partial charge is 0.490 e. The number of nitrogens with zero attached hydrogens (tertiary/aromatic N) is 3. The lowest BCUT2D eigenvalue weighted by Gasteiger charge is -2.36. The Morgan fingerprint density at radius 1 is 1.07 bits per heavy atom. The minimum atomic E-state index is -0.504. The fraction of sp³-hybridized carbons (Fsp3) is 0.600. The van der Waals surface area contributed by atoms with Crippen molar-refractivity contribution in [3.05, 3.63) is 53.9 Å². The van der Waals surface area contributed by atoms with Gasteiger partial charge >= 0.3 is 6.03 Å². The van der Waals surface area contributed by atoms with E-state index >= 15 is 0 Å². The van der Waals surface area contributed by atoms with Crippen molar-refractivity contribution < 1.29 is 29.0 Å². The molecule has 0 saturated heterocycles. The van der Waals surface area contributed by atoms with Gasteiger partial charge in [-0.3, -0.25) is 14.6 Å². The predicted molar refractivity (Wildman–Crippen MR) is 177 cm³/mol. The number of rotatable bonds is 7. The number of hydrogen-bond acceptors (Lipinski definition) is 7. The molecule has 11 heteroatoms.